The van der Waals surface area contributed by atoms with Crippen molar-refractivity contribution in [1.29, 1.82) is 0 Å². The molecule has 0 unspecified atom stereocenters. The first-order chi connectivity index (χ1) is 9.22. The van der Waals surface area contributed by atoms with E-state index in [2.05, 4.69) is 0 Å². The lowest BCUT2D eigenvalue weighted by Crippen LogP contribution is -2.38. The molecule has 0 aliphatic carbocycles. The van der Waals surface area contributed by atoms with Gasteiger partial charge in [0.2, 0.25) is 0 Å². The molecule has 0 N–H and O–H groups in total. The van der Waals surface area contributed by atoms with E-state index >= 15 is 0 Å². The summed E-state index contributed by atoms with van der Waals surface area (Å²) in [5.41, 5.74) is 0. The molecule has 0 spiro atoms. The summed E-state index contributed by atoms with van der Waals surface area (Å²) in [6.07, 6.45) is 1.07. The van der Waals surface area contributed by atoms with E-state index in [4.69, 9.17) is 14.2 Å². The molecule has 1 saturated heterocycles. The predicted octanol–water partition coefficient (Wildman–Crippen LogP) is 0.248. The minimum Gasteiger partial charge on any atom is -0.462 e. The highest BCUT2D eigenvalue weighted by atomic mass is 16.6. The molecule has 19 heavy (non-hydrogen) atoms. The van der Waals surface area contributed by atoms with Gasteiger partial charge in [-0.05, 0) is 6.92 Å². The summed E-state index contributed by atoms with van der Waals surface area (Å²) < 4.78 is 15.4. The van der Waals surface area contributed by atoms with Crippen molar-refractivity contribution in [3.05, 3.63) is 0 Å². The minimum atomic E-state index is -0.261. The van der Waals surface area contributed by atoms with Gasteiger partial charge in [-0.1, -0.05) is 0 Å². The van der Waals surface area contributed by atoms with E-state index in [1.54, 1.807) is 0 Å². The summed E-state index contributed by atoms with van der Waals surface area (Å²) in [5.74, 6) is 0.00933. The Labute approximate surface area is 114 Å². The highest BCUT2D eigenvalue weighted by molar-refractivity contribution is 5.80. The van der Waals surface area contributed by atoms with Gasteiger partial charge in [-0.3, -0.25) is 14.5 Å². The Morgan fingerprint density at radius 3 is 2.42 bits per heavy atom. The highest BCUT2D eigenvalue weighted by Gasteiger charge is 2.18. The molecule has 0 atom stereocenters. The number of ketones is 1. The van der Waals surface area contributed by atoms with Gasteiger partial charge in [-0.25, -0.2) is 0 Å². The third-order valence-corrected chi connectivity index (χ3v) is 2.83. The second kappa shape index (κ2) is 9.89. The lowest BCUT2D eigenvalue weighted by Gasteiger charge is -2.24. The van der Waals surface area contributed by atoms with Gasteiger partial charge in [0.25, 0.3) is 0 Å². The van der Waals surface area contributed by atoms with Crippen LogP contribution in [0.2, 0.25) is 0 Å². The molecule has 0 bridgehead atoms. The van der Waals surface area contributed by atoms with Gasteiger partial charge in [-0.15, -0.1) is 0 Å². The molecule has 1 aliphatic heterocycles. The molecule has 0 saturated carbocycles. The highest BCUT2D eigenvalue weighted by Crippen LogP contribution is 2.05. The van der Waals surface area contributed by atoms with Gasteiger partial charge < -0.3 is 14.2 Å². The maximum Gasteiger partial charge on any atom is 0.320 e. The van der Waals surface area contributed by atoms with E-state index in [-0.39, 0.29) is 24.9 Å². The average molecular weight is 273 g/mol. The van der Waals surface area contributed by atoms with Gasteiger partial charge in [-0.2, -0.15) is 0 Å². The van der Waals surface area contributed by atoms with Crippen molar-refractivity contribution in [3.8, 4) is 0 Å². The summed E-state index contributed by atoms with van der Waals surface area (Å²) >= 11 is 0. The molecule has 0 radical (unpaired) electrons. The van der Waals surface area contributed by atoms with Crippen LogP contribution in [0.1, 0.15) is 19.8 Å². The largest absolute Gasteiger partial charge is 0.462 e. The fourth-order valence-electron chi connectivity index (χ4n) is 1.77. The van der Waals surface area contributed by atoms with E-state index in [1.165, 1.54) is 0 Å². The molecule has 1 aliphatic rings. The summed E-state index contributed by atoms with van der Waals surface area (Å²) in [5, 5.41) is 0. The number of nitrogens with zero attached hydrogens (tertiary/aromatic N) is 1. The van der Waals surface area contributed by atoms with Gasteiger partial charge >= 0.3 is 5.97 Å². The van der Waals surface area contributed by atoms with Crippen LogP contribution < -0.4 is 0 Å². The zero-order chi connectivity index (χ0) is 13.9. The van der Waals surface area contributed by atoms with Crippen LogP contribution in [0.25, 0.3) is 0 Å². The molecular formula is C13H23NO5. The van der Waals surface area contributed by atoms with Crippen LogP contribution in [0.3, 0.4) is 0 Å². The Hall–Kier alpha value is -0.980. The van der Waals surface area contributed by atoms with Crippen LogP contribution in [-0.2, 0) is 23.8 Å². The number of carbonyl (C=O) groups excluding carboxylic acids is 2. The third-order valence-electron chi connectivity index (χ3n) is 2.83. The smallest absolute Gasteiger partial charge is 0.320 e. The van der Waals surface area contributed by atoms with Gasteiger partial charge in [0.05, 0.1) is 26.4 Å². The maximum atomic E-state index is 11.5. The zero-order valence-corrected chi connectivity index (χ0v) is 11.6. The quantitative estimate of drug-likeness (QED) is 0.443. The average Bonchev–Trinajstić information content (AvgIpc) is 2.40. The number of hydrogen-bond acceptors (Lipinski definition) is 6. The number of likely N-dealkylation sites (tertiary alicyclic amines) is 1. The minimum absolute atomic E-state index is 0.256. The number of rotatable bonds is 9. The number of ether oxygens (including phenoxy) is 3. The SMILES string of the molecule is CCOCCOCCOC(=O)CN1CCC(=O)CC1. The lowest BCUT2D eigenvalue weighted by molar-refractivity contribution is -0.147. The van der Waals surface area contributed by atoms with Crippen molar-refractivity contribution >= 4 is 11.8 Å². The van der Waals surface area contributed by atoms with Gasteiger partial charge in [0.1, 0.15) is 12.4 Å². The Morgan fingerprint density at radius 1 is 1.11 bits per heavy atom. The summed E-state index contributed by atoms with van der Waals surface area (Å²) in [4.78, 5) is 24.5. The van der Waals surface area contributed by atoms with E-state index in [9.17, 15) is 9.59 Å². The molecule has 6 nitrogen and oxygen atoms in total. The second-order valence-corrected chi connectivity index (χ2v) is 4.34. The number of piperidine rings is 1. The lowest BCUT2D eigenvalue weighted by atomic mass is 10.1. The molecular weight excluding hydrogens is 250 g/mol. The van der Waals surface area contributed by atoms with E-state index in [1.807, 2.05) is 11.8 Å². The van der Waals surface area contributed by atoms with Gasteiger partial charge in [0, 0.05) is 32.5 Å². The normalized spacial score (nSPS) is 16.6. The Balaban J connectivity index is 1.94. The number of hydrogen-bond donors (Lipinski definition) is 0. The monoisotopic (exact) mass is 273 g/mol. The van der Waals surface area contributed by atoms with Crippen molar-refractivity contribution in [2.45, 2.75) is 19.8 Å². The third kappa shape index (κ3) is 7.92. The van der Waals surface area contributed by atoms with E-state index in [0.717, 1.165) is 0 Å². The predicted molar refractivity (Wildman–Crippen MR) is 69.0 cm³/mol. The second-order valence-electron chi connectivity index (χ2n) is 4.34. The van der Waals surface area contributed by atoms with Crippen molar-refractivity contribution in [1.82, 2.24) is 4.90 Å². The van der Waals surface area contributed by atoms with Crippen LogP contribution in [0.5, 0.6) is 0 Å². The van der Waals surface area contributed by atoms with Crippen molar-refractivity contribution in [2.24, 2.45) is 0 Å². The molecule has 0 aromatic rings. The first kappa shape index (κ1) is 16.1. The molecule has 6 heteroatoms. The zero-order valence-electron chi connectivity index (χ0n) is 11.6. The standard InChI is InChI=1S/C13H23NO5/c1-2-17-7-8-18-9-10-19-13(16)11-14-5-3-12(15)4-6-14/h2-11H2,1H3. The Morgan fingerprint density at radius 2 is 1.74 bits per heavy atom. The maximum absolute atomic E-state index is 11.5. The summed E-state index contributed by atoms with van der Waals surface area (Å²) in [7, 11) is 0. The van der Waals surface area contributed by atoms with Crippen LogP contribution in [0.4, 0.5) is 0 Å². The molecule has 110 valence electrons. The molecule has 0 aromatic heterocycles. The number of Topliss-reactive ketones (excluding diaryl/α,β-unsaturated/α-hetero) is 1. The fraction of sp³-hybridized carbons (Fsp3) is 0.846. The molecule has 1 rings (SSSR count). The molecule has 1 heterocycles. The Bertz CT molecular complexity index is 272. The first-order valence-electron chi connectivity index (χ1n) is 6.77. The summed E-state index contributed by atoms with van der Waals surface area (Å²) in [6.45, 7) is 5.89. The van der Waals surface area contributed by atoms with Crippen molar-refractivity contribution in [2.75, 3.05) is 52.7 Å². The van der Waals surface area contributed by atoms with Crippen LogP contribution >= 0.6 is 0 Å². The number of carbonyl (C=O) groups is 2. The molecule has 0 aromatic carbocycles. The first-order valence-corrected chi connectivity index (χ1v) is 6.77. The van der Waals surface area contributed by atoms with Crippen molar-refractivity contribution in [3.63, 3.8) is 0 Å². The van der Waals surface area contributed by atoms with Crippen LogP contribution in [0.15, 0.2) is 0 Å². The Kier molecular flexibility index (Phi) is 8.36. The number of esters is 1. The van der Waals surface area contributed by atoms with E-state index < -0.39 is 0 Å². The summed E-state index contributed by atoms with van der Waals surface area (Å²) in [6, 6.07) is 0. The van der Waals surface area contributed by atoms with Crippen LogP contribution in [0, 0.1) is 0 Å². The topological polar surface area (TPSA) is 65.1 Å². The fourth-order valence-corrected chi connectivity index (χ4v) is 1.77. The van der Waals surface area contributed by atoms with Gasteiger partial charge in [0.15, 0.2) is 0 Å². The van der Waals surface area contributed by atoms with E-state index in [0.29, 0.717) is 52.4 Å². The van der Waals surface area contributed by atoms with Crippen LogP contribution in [-0.4, -0.2) is 69.3 Å². The van der Waals surface area contributed by atoms with Crippen molar-refractivity contribution < 1.29 is 23.8 Å². The molecule has 0 amide bonds. The molecule has 1 fully saturated rings.